The Labute approximate surface area is 188 Å². The van der Waals surface area contributed by atoms with Crippen molar-refractivity contribution in [1.82, 2.24) is 24.5 Å². The number of nitrogens with zero attached hydrogens (tertiary/aromatic N) is 5. The van der Waals surface area contributed by atoms with Gasteiger partial charge < -0.3 is 10.5 Å². The van der Waals surface area contributed by atoms with Crippen LogP contribution in [0.3, 0.4) is 0 Å². The van der Waals surface area contributed by atoms with Gasteiger partial charge in [-0.1, -0.05) is 30.3 Å². The molecule has 1 aliphatic rings. The number of fused-ring (bicyclic) bond motifs is 2. The van der Waals surface area contributed by atoms with Crippen LogP contribution in [0.25, 0.3) is 28.1 Å². The number of nitrogens with two attached hydrogens (primary N) is 1. The van der Waals surface area contributed by atoms with E-state index < -0.39 is 12.2 Å². The number of aromatic nitrogens is 4. The van der Waals surface area contributed by atoms with E-state index in [0.717, 1.165) is 16.5 Å². The van der Waals surface area contributed by atoms with E-state index >= 15 is 0 Å². The van der Waals surface area contributed by atoms with E-state index in [2.05, 4.69) is 10.2 Å². The highest BCUT2D eigenvalue weighted by atomic mass is 19.4. The monoisotopic (exact) mass is 456 g/mol. The molecule has 1 fully saturated rings. The van der Waals surface area contributed by atoms with Crippen LogP contribution in [0, 0.1) is 0 Å². The van der Waals surface area contributed by atoms with Crippen LogP contribution in [0.1, 0.15) is 23.6 Å². The molecule has 10 heteroatoms. The summed E-state index contributed by atoms with van der Waals surface area (Å²) in [4.78, 5) is 6.13. The SMILES string of the molecule is COCc1cccc2ccc(-c3nnc4ccc(C(N5CCC(N)C5)C(F)(F)F)cn34)nc12. The zero-order valence-corrected chi connectivity index (χ0v) is 18.0. The molecule has 2 atom stereocenters. The molecule has 4 aromatic rings. The maximum atomic E-state index is 14.1. The minimum atomic E-state index is -4.44. The van der Waals surface area contributed by atoms with Gasteiger partial charge in [0.2, 0.25) is 0 Å². The highest BCUT2D eigenvalue weighted by molar-refractivity contribution is 5.83. The predicted molar refractivity (Wildman–Crippen MR) is 117 cm³/mol. The molecule has 1 aliphatic heterocycles. The quantitative estimate of drug-likeness (QED) is 0.493. The van der Waals surface area contributed by atoms with Crippen molar-refractivity contribution in [3.63, 3.8) is 0 Å². The molecule has 1 aromatic carbocycles. The number of ether oxygens (including phenoxy) is 1. The summed E-state index contributed by atoms with van der Waals surface area (Å²) in [5, 5.41) is 9.30. The summed E-state index contributed by atoms with van der Waals surface area (Å²) in [5.74, 6) is 0.375. The van der Waals surface area contributed by atoms with Gasteiger partial charge in [0.1, 0.15) is 11.7 Å². The van der Waals surface area contributed by atoms with Gasteiger partial charge in [-0.3, -0.25) is 9.30 Å². The zero-order chi connectivity index (χ0) is 23.2. The Morgan fingerprint density at radius 1 is 1.15 bits per heavy atom. The Kier molecular flexibility index (Phi) is 5.51. The van der Waals surface area contributed by atoms with E-state index in [1.54, 1.807) is 23.6 Å². The van der Waals surface area contributed by atoms with E-state index in [9.17, 15) is 13.2 Å². The zero-order valence-electron chi connectivity index (χ0n) is 18.0. The number of rotatable bonds is 5. The topological polar surface area (TPSA) is 81.6 Å². The highest BCUT2D eigenvalue weighted by Gasteiger charge is 2.46. The van der Waals surface area contributed by atoms with Crippen LogP contribution < -0.4 is 5.73 Å². The number of likely N-dealkylation sites (tertiary alicyclic amines) is 1. The first-order valence-corrected chi connectivity index (χ1v) is 10.6. The van der Waals surface area contributed by atoms with E-state index in [4.69, 9.17) is 15.5 Å². The van der Waals surface area contributed by atoms with E-state index in [-0.39, 0.29) is 18.2 Å². The van der Waals surface area contributed by atoms with Crippen molar-refractivity contribution in [3.05, 3.63) is 59.8 Å². The number of hydrogen-bond donors (Lipinski definition) is 1. The van der Waals surface area contributed by atoms with Gasteiger partial charge in [0.15, 0.2) is 11.5 Å². The van der Waals surface area contributed by atoms with E-state index in [1.807, 2.05) is 24.3 Å². The molecule has 0 saturated carbocycles. The van der Waals surface area contributed by atoms with Gasteiger partial charge in [0, 0.05) is 43.4 Å². The Morgan fingerprint density at radius 2 is 2.00 bits per heavy atom. The van der Waals surface area contributed by atoms with Crippen LogP contribution in [-0.2, 0) is 11.3 Å². The van der Waals surface area contributed by atoms with Crippen molar-refractivity contribution in [2.45, 2.75) is 31.3 Å². The molecule has 5 rings (SSSR count). The van der Waals surface area contributed by atoms with Gasteiger partial charge >= 0.3 is 6.18 Å². The molecule has 0 spiro atoms. The lowest BCUT2D eigenvalue weighted by atomic mass is 10.1. The fourth-order valence-corrected chi connectivity index (χ4v) is 4.51. The minimum Gasteiger partial charge on any atom is -0.380 e. The number of para-hydroxylation sites is 1. The van der Waals surface area contributed by atoms with Crippen LogP contribution in [0.2, 0.25) is 0 Å². The summed E-state index contributed by atoms with van der Waals surface area (Å²) < 4.78 is 49.1. The molecule has 2 unspecified atom stereocenters. The first-order chi connectivity index (χ1) is 15.8. The van der Waals surface area contributed by atoms with Gasteiger partial charge in [-0.2, -0.15) is 13.2 Å². The van der Waals surface area contributed by atoms with Gasteiger partial charge in [-0.05, 0) is 24.1 Å². The van der Waals surface area contributed by atoms with Crippen molar-refractivity contribution in [2.24, 2.45) is 5.73 Å². The number of halogens is 3. The first-order valence-electron chi connectivity index (χ1n) is 10.6. The average molecular weight is 456 g/mol. The third kappa shape index (κ3) is 4.05. The normalized spacial score (nSPS) is 18.4. The molecule has 0 amide bonds. The molecule has 7 nitrogen and oxygen atoms in total. The molecule has 0 aliphatic carbocycles. The van der Waals surface area contributed by atoms with Crippen molar-refractivity contribution < 1.29 is 17.9 Å². The summed E-state index contributed by atoms with van der Waals surface area (Å²) in [6.45, 7) is 0.891. The summed E-state index contributed by atoms with van der Waals surface area (Å²) in [6, 6.07) is 10.5. The molecule has 33 heavy (non-hydrogen) atoms. The summed E-state index contributed by atoms with van der Waals surface area (Å²) in [7, 11) is 1.61. The fourth-order valence-electron chi connectivity index (χ4n) is 4.51. The number of alkyl halides is 3. The molecule has 2 N–H and O–H groups in total. The average Bonchev–Trinajstić information content (AvgIpc) is 3.39. The molecular formula is C23H23F3N6O. The van der Waals surface area contributed by atoms with E-state index in [1.165, 1.54) is 17.2 Å². The number of benzene rings is 1. The molecule has 4 heterocycles. The first kappa shape index (κ1) is 21.7. The van der Waals surface area contributed by atoms with Crippen LogP contribution in [0.4, 0.5) is 13.2 Å². The Balaban J connectivity index is 1.61. The van der Waals surface area contributed by atoms with Crippen LogP contribution in [0.15, 0.2) is 48.7 Å². The molecule has 0 radical (unpaired) electrons. The van der Waals surface area contributed by atoms with Crippen LogP contribution in [0.5, 0.6) is 0 Å². The molecule has 3 aromatic heterocycles. The smallest absolute Gasteiger partial charge is 0.380 e. The highest BCUT2D eigenvalue weighted by Crippen LogP contribution is 2.39. The predicted octanol–water partition coefficient (Wildman–Crippen LogP) is 3.73. The Hall–Kier alpha value is -3.08. The minimum absolute atomic E-state index is 0.117. The second kappa shape index (κ2) is 8.36. The lowest BCUT2D eigenvalue weighted by molar-refractivity contribution is -0.183. The molecule has 1 saturated heterocycles. The Bertz CT molecular complexity index is 1300. The number of hydrogen-bond acceptors (Lipinski definition) is 6. The van der Waals surface area contributed by atoms with Gasteiger partial charge in [-0.15, -0.1) is 10.2 Å². The van der Waals surface area contributed by atoms with Crippen molar-refractivity contribution in [3.8, 4) is 11.5 Å². The molecular weight excluding hydrogens is 433 g/mol. The fraction of sp³-hybridized carbons (Fsp3) is 0.348. The lowest BCUT2D eigenvalue weighted by Gasteiger charge is -2.30. The second-order valence-corrected chi connectivity index (χ2v) is 8.32. The molecule has 172 valence electrons. The maximum absolute atomic E-state index is 14.1. The van der Waals surface area contributed by atoms with Crippen molar-refractivity contribution in [1.29, 1.82) is 0 Å². The standard InChI is InChI=1S/C23H23F3N6O/c1-33-13-16-4-2-3-14-5-7-18(28-20(14)16)22-30-29-19-8-6-15(11-32(19)22)21(23(24,25)26)31-10-9-17(27)12-31/h2-8,11,17,21H,9-10,12-13,27H2,1H3. The third-order valence-corrected chi connectivity index (χ3v) is 6.01. The number of pyridine rings is 2. The van der Waals surface area contributed by atoms with Crippen molar-refractivity contribution >= 4 is 16.6 Å². The number of methoxy groups -OCH3 is 1. The van der Waals surface area contributed by atoms with Gasteiger partial charge in [-0.25, -0.2) is 4.98 Å². The maximum Gasteiger partial charge on any atom is 0.408 e. The molecule has 0 bridgehead atoms. The second-order valence-electron chi connectivity index (χ2n) is 8.32. The summed E-state index contributed by atoms with van der Waals surface area (Å²) in [5.41, 5.74) is 8.63. The van der Waals surface area contributed by atoms with Crippen LogP contribution >= 0.6 is 0 Å². The van der Waals surface area contributed by atoms with Gasteiger partial charge in [0.05, 0.1) is 12.1 Å². The summed E-state index contributed by atoms with van der Waals surface area (Å²) >= 11 is 0. The van der Waals surface area contributed by atoms with Gasteiger partial charge in [0.25, 0.3) is 0 Å². The lowest BCUT2D eigenvalue weighted by Crippen LogP contribution is -2.38. The van der Waals surface area contributed by atoms with Crippen LogP contribution in [-0.4, -0.2) is 56.9 Å². The largest absolute Gasteiger partial charge is 0.408 e. The van der Waals surface area contributed by atoms with E-state index in [0.29, 0.717) is 36.7 Å². The Morgan fingerprint density at radius 3 is 2.73 bits per heavy atom. The third-order valence-electron chi connectivity index (χ3n) is 6.01. The van der Waals surface area contributed by atoms with Crippen molar-refractivity contribution in [2.75, 3.05) is 20.2 Å². The summed E-state index contributed by atoms with van der Waals surface area (Å²) in [6.07, 6.45) is -2.45.